The number of halogens is 3. The van der Waals surface area contributed by atoms with E-state index in [1.54, 1.807) is 39.0 Å². The molecule has 1 atom stereocenters. The van der Waals surface area contributed by atoms with Gasteiger partial charge in [-0.25, -0.2) is 8.42 Å². The molecule has 7 nitrogen and oxygen atoms in total. The molecule has 0 bridgehead atoms. The molecule has 220 valence electrons. The number of anilines is 1. The van der Waals surface area contributed by atoms with Gasteiger partial charge < -0.3 is 10.2 Å². The number of hydrogen-bond donors (Lipinski definition) is 1. The Balaban J connectivity index is 2.08. The van der Waals surface area contributed by atoms with Crippen LogP contribution in [0.25, 0.3) is 0 Å². The maximum absolute atomic E-state index is 13.9. The van der Waals surface area contributed by atoms with Crippen molar-refractivity contribution in [3.8, 4) is 0 Å². The third kappa shape index (κ3) is 8.32. The second-order valence-electron chi connectivity index (χ2n) is 10.8. The number of nitrogens with zero attached hydrogens (tertiary/aromatic N) is 2. The van der Waals surface area contributed by atoms with Crippen LogP contribution < -0.4 is 9.62 Å². The smallest absolute Gasteiger partial charge is 0.350 e. The summed E-state index contributed by atoms with van der Waals surface area (Å²) in [7, 11) is -4.48. The number of nitrogens with one attached hydrogen (secondary N) is 1. The maximum atomic E-state index is 13.9. The molecule has 3 rings (SSSR count). The highest BCUT2D eigenvalue weighted by Gasteiger charge is 2.35. The summed E-state index contributed by atoms with van der Waals surface area (Å²) < 4.78 is 68.8. The van der Waals surface area contributed by atoms with Crippen LogP contribution in [0, 0.1) is 6.92 Å². The molecule has 0 aliphatic rings. The van der Waals surface area contributed by atoms with Gasteiger partial charge in [-0.2, -0.15) is 13.2 Å². The van der Waals surface area contributed by atoms with Gasteiger partial charge in [0.25, 0.3) is 10.0 Å². The first-order valence-electron chi connectivity index (χ1n) is 12.9. The molecule has 0 aliphatic carbocycles. The lowest BCUT2D eigenvalue weighted by Gasteiger charge is -2.33. The van der Waals surface area contributed by atoms with Crippen LogP contribution in [0.1, 0.15) is 44.4 Å². The fraction of sp³-hybridized carbons (Fsp3) is 0.333. The Hall–Kier alpha value is -3.86. The minimum atomic E-state index is -4.74. The monoisotopic (exact) mass is 589 g/mol. The van der Waals surface area contributed by atoms with Crippen molar-refractivity contribution in [1.82, 2.24) is 10.2 Å². The van der Waals surface area contributed by atoms with Gasteiger partial charge in [-0.05, 0) is 70.5 Å². The van der Waals surface area contributed by atoms with Crippen molar-refractivity contribution in [3.63, 3.8) is 0 Å². The van der Waals surface area contributed by atoms with Gasteiger partial charge >= 0.3 is 6.18 Å². The lowest BCUT2D eigenvalue weighted by molar-refractivity contribution is -0.140. The summed E-state index contributed by atoms with van der Waals surface area (Å²) in [5, 5.41) is 2.82. The summed E-state index contributed by atoms with van der Waals surface area (Å²) in [6, 6.07) is 17.2. The lowest BCUT2D eigenvalue weighted by atomic mass is 10.1. The number of alkyl halides is 3. The minimum Gasteiger partial charge on any atom is -0.350 e. The SMILES string of the molecule is Cc1ccc(CN(C(=O)CN(c2cccc(C(F)(F)F)c2)S(=O)(=O)c2ccccc2)[C@@H](C)C(=O)NC(C)(C)C)cc1. The average molecular weight is 590 g/mol. The van der Waals surface area contributed by atoms with Crippen molar-refractivity contribution in [2.24, 2.45) is 0 Å². The number of aryl methyl sites for hydroxylation is 1. The molecular formula is C30H34F3N3O4S. The van der Waals surface area contributed by atoms with E-state index in [1.165, 1.54) is 42.2 Å². The first-order valence-corrected chi connectivity index (χ1v) is 14.3. The first-order chi connectivity index (χ1) is 19.0. The van der Waals surface area contributed by atoms with Crippen LogP contribution in [0.2, 0.25) is 0 Å². The quantitative estimate of drug-likeness (QED) is 0.355. The van der Waals surface area contributed by atoms with Gasteiger partial charge in [0.05, 0.1) is 16.1 Å². The molecule has 0 fully saturated rings. The number of carbonyl (C=O) groups is 2. The highest BCUT2D eigenvalue weighted by atomic mass is 32.2. The standard InChI is InChI=1S/C30H34F3N3O4S/c1-21-14-16-23(17-15-21)19-35(22(2)28(38)34-29(3,4)5)27(37)20-36(41(39,40)26-12-7-6-8-13-26)25-11-9-10-24(18-25)30(31,32)33/h6-18,22H,19-20H2,1-5H3,(H,34,38)/t22-/m0/s1. The van der Waals surface area contributed by atoms with E-state index in [-0.39, 0.29) is 17.1 Å². The van der Waals surface area contributed by atoms with Crippen LogP contribution in [-0.4, -0.2) is 43.3 Å². The fourth-order valence-electron chi connectivity index (χ4n) is 4.03. The molecule has 1 N–H and O–H groups in total. The zero-order chi connectivity index (χ0) is 30.6. The van der Waals surface area contributed by atoms with Crippen LogP contribution in [-0.2, 0) is 32.3 Å². The van der Waals surface area contributed by atoms with E-state index in [2.05, 4.69) is 5.32 Å². The molecule has 0 saturated heterocycles. The number of rotatable bonds is 9. The molecule has 41 heavy (non-hydrogen) atoms. The third-order valence-electron chi connectivity index (χ3n) is 6.21. The second-order valence-corrected chi connectivity index (χ2v) is 12.7. The Kier molecular flexibility index (Phi) is 9.53. The molecule has 11 heteroatoms. The molecule has 0 heterocycles. The molecule has 0 unspecified atom stereocenters. The average Bonchev–Trinajstić information content (AvgIpc) is 2.90. The summed E-state index contributed by atoms with van der Waals surface area (Å²) in [6.07, 6.45) is -4.74. The lowest BCUT2D eigenvalue weighted by Crippen LogP contribution is -2.54. The molecule has 3 aromatic rings. The van der Waals surface area contributed by atoms with Crippen molar-refractivity contribution < 1.29 is 31.2 Å². The molecule has 3 aromatic carbocycles. The Morgan fingerprint density at radius 2 is 1.51 bits per heavy atom. The molecule has 0 aliphatic heterocycles. The number of hydrogen-bond acceptors (Lipinski definition) is 4. The number of amides is 2. The molecule has 0 aromatic heterocycles. The molecular weight excluding hydrogens is 555 g/mol. The zero-order valence-corrected chi connectivity index (χ0v) is 24.4. The normalized spacial score (nSPS) is 12.9. The van der Waals surface area contributed by atoms with Gasteiger partial charge in [0, 0.05) is 12.1 Å². The Bertz CT molecular complexity index is 1470. The third-order valence-corrected chi connectivity index (χ3v) is 8.00. The second kappa shape index (κ2) is 12.3. The molecule has 0 saturated carbocycles. The van der Waals surface area contributed by atoms with Gasteiger partial charge in [0.1, 0.15) is 12.6 Å². The van der Waals surface area contributed by atoms with Gasteiger partial charge in [-0.15, -0.1) is 0 Å². The molecule has 0 spiro atoms. The highest BCUT2D eigenvalue weighted by Crippen LogP contribution is 2.33. The van der Waals surface area contributed by atoms with E-state index >= 15 is 0 Å². The number of sulfonamides is 1. The number of carbonyl (C=O) groups excluding carboxylic acids is 2. The Morgan fingerprint density at radius 1 is 0.902 bits per heavy atom. The summed E-state index contributed by atoms with van der Waals surface area (Å²) in [4.78, 5) is 28.0. The summed E-state index contributed by atoms with van der Waals surface area (Å²) >= 11 is 0. The van der Waals surface area contributed by atoms with E-state index in [4.69, 9.17) is 0 Å². The number of benzene rings is 3. The van der Waals surface area contributed by atoms with Crippen LogP contribution in [0.15, 0.2) is 83.8 Å². The Labute approximate surface area is 239 Å². The van der Waals surface area contributed by atoms with Crippen molar-refractivity contribution in [2.75, 3.05) is 10.8 Å². The predicted molar refractivity (Wildman–Crippen MR) is 152 cm³/mol. The van der Waals surface area contributed by atoms with E-state index in [0.29, 0.717) is 15.9 Å². The molecule has 0 radical (unpaired) electrons. The van der Waals surface area contributed by atoms with Crippen LogP contribution in [0.5, 0.6) is 0 Å². The predicted octanol–water partition coefficient (Wildman–Crippen LogP) is 5.54. The molecule has 2 amide bonds. The van der Waals surface area contributed by atoms with Gasteiger partial charge in [0.15, 0.2) is 0 Å². The first kappa shape index (κ1) is 31.7. The van der Waals surface area contributed by atoms with Crippen LogP contribution >= 0.6 is 0 Å². The highest BCUT2D eigenvalue weighted by molar-refractivity contribution is 7.92. The van der Waals surface area contributed by atoms with Crippen LogP contribution in [0.3, 0.4) is 0 Å². The minimum absolute atomic E-state index is 0.0281. The largest absolute Gasteiger partial charge is 0.416 e. The van der Waals surface area contributed by atoms with E-state index < -0.39 is 51.7 Å². The summed E-state index contributed by atoms with van der Waals surface area (Å²) in [6.45, 7) is 7.90. The zero-order valence-electron chi connectivity index (χ0n) is 23.6. The van der Waals surface area contributed by atoms with Gasteiger partial charge in [-0.3, -0.25) is 13.9 Å². The van der Waals surface area contributed by atoms with Crippen molar-refractivity contribution in [2.45, 2.75) is 63.8 Å². The van der Waals surface area contributed by atoms with Crippen molar-refractivity contribution in [3.05, 3.63) is 95.6 Å². The fourth-order valence-corrected chi connectivity index (χ4v) is 5.46. The van der Waals surface area contributed by atoms with Crippen LogP contribution in [0.4, 0.5) is 18.9 Å². The van der Waals surface area contributed by atoms with Gasteiger partial charge in [0.2, 0.25) is 11.8 Å². The maximum Gasteiger partial charge on any atom is 0.416 e. The van der Waals surface area contributed by atoms with E-state index in [1.807, 2.05) is 19.1 Å². The summed E-state index contributed by atoms with van der Waals surface area (Å²) in [5.41, 5.74) is -0.333. The topological polar surface area (TPSA) is 86.8 Å². The van der Waals surface area contributed by atoms with E-state index in [9.17, 15) is 31.2 Å². The summed E-state index contributed by atoms with van der Waals surface area (Å²) in [5.74, 6) is -1.23. The van der Waals surface area contributed by atoms with Crippen molar-refractivity contribution in [1.29, 1.82) is 0 Å². The van der Waals surface area contributed by atoms with E-state index in [0.717, 1.165) is 17.7 Å². The Morgan fingerprint density at radius 3 is 2.07 bits per heavy atom. The van der Waals surface area contributed by atoms with Crippen molar-refractivity contribution >= 4 is 27.5 Å². The van der Waals surface area contributed by atoms with Gasteiger partial charge in [-0.1, -0.05) is 54.1 Å².